The Kier molecular flexibility index (Phi) is 4.89. The summed E-state index contributed by atoms with van der Waals surface area (Å²) in [5.74, 6) is 0. The number of allylic oxidation sites excluding steroid dienone is 5. The maximum atomic E-state index is 2.36. The van der Waals surface area contributed by atoms with Gasteiger partial charge in [-0.15, -0.1) is 0 Å². The molecule has 27 heavy (non-hydrogen) atoms. The largest absolute Gasteiger partial charge is 0.0716 e. The average molecular weight is 348 g/mol. The smallest absolute Gasteiger partial charge is 0.00819 e. The van der Waals surface area contributed by atoms with Gasteiger partial charge in [0.05, 0.1) is 0 Å². The van der Waals surface area contributed by atoms with Gasteiger partial charge >= 0.3 is 0 Å². The molecule has 0 amide bonds. The van der Waals surface area contributed by atoms with E-state index in [1.54, 1.807) is 0 Å². The van der Waals surface area contributed by atoms with Gasteiger partial charge in [-0.3, -0.25) is 0 Å². The third-order valence-electron chi connectivity index (χ3n) is 5.12. The quantitative estimate of drug-likeness (QED) is 0.444. The summed E-state index contributed by atoms with van der Waals surface area (Å²) in [6.45, 7) is 4.25. The van der Waals surface area contributed by atoms with E-state index in [9.17, 15) is 0 Å². The molecule has 132 valence electrons. The van der Waals surface area contributed by atoms with E-state index < -0.39 is 0 Å². The summed E-state index contributed by atoms with van der Waals surface area (Å²) in [5, 5.41) is 0. The molecule has 0 spiro atoms. The van der Waals surface area contributed by atoms with Crippen molar-refractivity contribution in [2.75, 3.05) is 0 Å². The number of fused-ring (bicyclic) bond motifs is 1. The van der Waals surface area contributed by atoms with Crippen molar-refractivity contribution in [2.45, 2.75) is 20.3 Å². The van der Waals surface area contributed by atoms with Crippen LogP contribution in [-0.4, -0.2) is 0 Å². The molecular weight excluding hydrogens is 324 g/mol. The highest BCUT2D eigenvalue weighted by Crippen LogP contribution is 2.37. The van der Waals surface area contributed by atoms with Crippen molar-refractivity contribution in [3.8, 4) is 0 Å². The number of benzene rings is 3. The average Bonchev–Trinajstić information content (AvgIpc) is 3.12. The number of hydrogen-bond acceptors (Lipinski definition) is 0. The zero-order chi connectivity index (χ0) is 18.6. The lowest BCUT2D eigenvalue weighted by Crippen LogP contribution is -1.90. The van der Waals surface area contributed by atoms with Gasteiger partial charge in [-0.1, -0.05) is 108 Å². The zero-order valence-corrected chi connectivity index (χ0v) is 15.9. The highest BCUT2D eigenvalue weighted by molar-refractivity contribution is 6.07. The molecule has 3 aromatic carbocycles. The molecule has 4 rings (SSSR count). The Morgan fingerprint density at radius 1 is 0.778 bits per heavy atom. The molecule has 0 heterocycles. The Morgan fingerprint density at radius 3 is 2.19 bits per heavy atom. The minimum atomic E-state index is 1.01. The van der Waals surface area contributed by atoms with Crippen molar-refractivity contribution in [1.29, 1.82) is 0 Å². The fraction of sp³-hybridized carbons (Fsp3) is 0.111. The van der Waals surface area contributed by atoms with Crippen LogP contribution < -0.4 is 0 Å². The summed E-state index contributed by atoms with van der Waals surface area (Å²) in [6.07, 6.45) is 9.96. The molecular formula is C27H24. The molecule has 0 bridgehead atoms. The molecule has 0 N–H and O–H groups in total. The van der Waals surface area contributed by atoms with Gasteiger partial charge in [0.15, 0.2) is 0 Å². The Morgan fingerprint density at radius 2 is 1.44 bits per heavy atom. The Hall–Kier alpha value is -3.12. The van der Waals surface area contributed by atoms with Gasteiger partial charge in [-0.05, 0) is 53.7 Å². The van der Waals surface area contributed by atoms with Crippen LogP contribution in [0, 0.1) is 13.8 Å². The van der Waals surface area contributed by atoms with Crippen LogP contribution in [0.4, 0.5) is 0 Å². The van der Waals surface area contributed by atoms with Crippen LogP contribution in [0.25, 0.3) is 17.2 Å². The summed E-state index contributed by atoms with van der Waals surface area (Å²) in [7, 11) is 0. The molecule has 0 atom stereocenters. The van der Waals surface area contributed by atoms with Gasteiger partial charge in [-0.2, -0.15) is 0 Å². The first-order valence-corrected chi connectivity index (χ1v) is 9.51. The second-order valence-corrected chi connectivity index (χ2v) is 7.20. The van der Waals surface area contributed by atoms with Crippen LogP contribution in [0.1, 0.15) is 33.4 Å². The first-order chi connectivity index (χ1) is 13.2. The number of hydrogen-bond donors (Lipinski definition) is 0. The molecule has 1 aliphatic rings. The van der Waals surface area contributed by atoms with E-state index in [1.807, 2.05) is 0 Å². The zero-order valence-electron chi connectivity index (χ0n) is 15.9. The molecule has 0 saturated heterocycles. The van der Waals surface area contributed by atoms with Crippen LogP contribution in [-0.2, 0) is 6.42 Å². The monoisotopic (exact) mass is 348 g/mol. The molecule has 0 radical (unpaired) electrons. The van der Waals surface area contributed by atoms with E-state index in [-0.39, 0.29) is 0 Å². The Labute approximate surface area is 162 Å². The minimum Gasteiger partial charge on any atom is -0.0716 e. The second kappa shape index (κ2) is 7.63. The molecule has 0 fully saturated rings. The molecule has 0 heteroatoms. The van der Waals surface area contributed by atoms with E-state index in [4.69, 9.17) is 0 Å². The van der Waals surface area contributed by atoms with Crippen molar-refractivity contribution < 1.29 is 0 Å². The van der Waals surface area contributed by atoms with Gasteiger partial charge in [0.2, 0.25) is 0 Å². The molecule has 0 aromatic heterocycles. The van der Waals surface area contributed by atoms with Crippen LogP contribution in [0.3, 0.4) is 0 Å². The highest BCUT2D eigenvalue weighted by atomic mass is 14.2. The summed E-state index contributed by atoms with van der Waals surface area (Å²) < 4.78 is 0. The fourth-order valence-corrected chi connectivity index (χ4v) is 3.55. The van der Waals surface area contributed by atoms with Crippen molar-refractivity contribution in [3.63, 3.8) is 0 Å². The topological polar surface area (TPSA) is 0 Å². The first-order valence-electron chi connectivity index (χ1n) is 9.51. The lowest BCUT2D eigenvalue weighted by molar-refractivity contribution is 1.31. The third-order valence-corrected chi connectivity index (χ3v) is 5.12. The predicted molar refractivity (Wildman–Crippen MR) is 117 cm³/mol. The van der Waals surface area contributed by atoms with Crippen molar-refractivity contribution >= 4 is 17.2 Å². The maximum absolute atomic E-state index is 2.36. The Bertz CT molecular complexity index is 1030. The number of rotatable bonds is 4. The second-order valence-electron chi connectivity index (χ2n) is 7.20. The highest BCUT2D eigenvalue weighted by Gasteiger charge is 2.17. The summed E-state index contributed by atoms with van der Waals surface area (Å²) >= 11 is 0. The van der Waals surface area contributed by atoms with Crippen LogP contribution >= 0.6 is 0 Å². The van der Waals surface area contributed by atoms with E-state index in [1.165, 1.54) is 44.5 Å². The third kappa shape index (κ3) is 3.85. The predicted octanol–water partition coefficient (Wildman–Crippen LogP) is 7.04. The minimum absolute atomic E-state index is 1.01. The molecule has 0 unspecified atom stereocenters. The lowest BCUT2D eigenvalue weighted by atomic mass is 9.92. The summed E-state index contributed by atoms with van der Waals surface area (Å²) in [5.41, 5.74) is 10.4. The van der Waals surface area contributed by atoms with Gasteiger partial charge in [-0.25, -0.2) is 0 Å². The lowest BCUT2D eigenvalue weighted by Gasteiger charge is -2.11. The fourth-order valence-electron chi connectivity index (χ4n) is 3.55. The normalized spacial score (nSPS) is 13.7. The van der Waals surface area contributed by atoms with E-state index in [0.717, 1.165) is 6.42 Å². The maximum Gasteiger partial charge on any atom is -0.00819 e. The molecule has 0 saturated carbocycles. The molecule has 0 nitrogen and oxygen atoms in total. The summed E-state index contributed by atoms with van der Waals surface area (Å²) in [6, 6.07) is 26.2. The molecule has 1 aliphatic carbocycles. The number of aryl methyl sites for hydroxylation is 2. The summed E-state index contributed by atoms with van der Waals surface area (Å²) in [4.78, 5) is 0. The van der Waals surface area contributed by atoms with Crippen LogP contribution in [0.15, 0.2) is 91.0 Å². The van der Waals surface area contributed by atoms with Crippen LogP contribution in [0.2, 0.25) is 0 Å². The van der Waals surface area contributed by atoms with E-state index >= 15 is 0 Å². The van der Waals surface area contributed by atoms with Crippen molar-refractivity contribution in [1.82, 2.24) is 0 Å². The molecule has 0 aliphatic heterocycles. The van der Waals surface area contributed by atoms with Crippen molar-refractivity contribution in [2.24, 2.45) is 0 Å². The van der Waals surface area contributed by atoms with Gasteiger partial charge in [0, 0.05) is 0 Å². The van der Waals surface area contributed by atoms with Gasteiger partial charge in [0.1, 0.15) is 0 Å². The molecule has 3 aromatic rings. The van der Waals surface area contributed by atoms with E-state index in [2.05, 4.69) is 111 Å². The first kappa shape index (κ1) is 17.3. The van der Waals surface area contributed by atoms with Crippen molar-refractivity contribution in [3.05, 3.63) is 124 Å². The standard InChI is InChI=1S/C27H24/c1-20-10-14-22(15-11-20)6-5-9-26(24-16-12-21(2)13-17-24)27-19-18-23-7-3-4-8-25(23)27/h3-17,19H,18H2,1-2H3. The van der Waals surface area contributed by atoms with Gasteiger partial charge < -0.3 is 0 Å². The van der Waals surface area contributed by atoms with Gasteiger partial charge in [0.25, 0.3) is 0 Å². The van der Waals surface area contributed by atoms with Crippen LogP contribution in [0.5, 0.6) is 0 Å². The van der Waals surface area contributed by atoms with E-state index in [0.29, 0.717) is 0 Å². The SMILES string of the molecule is Cc1ccc(C=CC=C(C2=CCc3ccccc32)c2ccc(C)cc2)cc1. The Balaban J connectivity index is 1.73.